The van der Waals surface area contributed by atoms with Gasteiger partial charge in [-0.15, -0.1) is 13.2 Å². The number of rotatable bonds is 2. The SMILES string of the molecule is C=C.CNCC(C)C.Nc1nc(F)nc2nc[nH]c12. The highest BCUT2D eigenvalue weighted by Crippen LogP contribution is 2.11. The van der Waals surface area contributed by atoms with E-state index in [1.54, 1.807) is 0 Å². The fourth-order valence-electron chi connectivity index (χ4n) is 1.24. The quantitative estimate of drug-likeness (QED) is 0.570. The Morgan fingerprint density at radius 1 is 1.42 bits per heavy atom. The molecule has 6 nitrogen and oxygen atoms in total. The van der Waals surface area contributed by atoms with Gasteiger partial charge in [-0.3, -0.25) is 0 Å². The number of nitrogen functional groups attached to an aromatic ring is 1. The van der Waals surface area contributed by atoms with Gasteiger partial charge in [-0.2, -0.15) is 14.4 Å². The Hall–Kier alpha value is -2.02. The second-order valence-electron chi connectivity index (χ2n) is 3.93. The first kappa shape index (κ1) is 17.0. The van der Waals surface area contributed by atoms with Crippen LogP contribution >= 0.6 is 0 Å². The third-order valence-corrected chi connectivity index (χ3v) is 1.90. The molecule has 0 atom stereocenters. The smallest absolute Gasteiger partial charge is 0.312 e. The molecule has 0 saturated carbocycles. The van der Waals surface area contributed by atoms with Gasteiger partial charge in [-0.25, -0.2) is 4.98 Å². The van der Waals surface area contributed by atoms with Crippen LogP contribution in [0, 0.1) is 12.0 Å². The van der Waals surface area contributed by atoms with E-state index in [-0.39, 0.29) is 11.5 Å². The van der Waals surface area contributed by atoms with Crippen LogP contribution in [0.2, 0.25) is 0 Å². The normalized spacial score (nSPS) is 9.53. The van der Waals surface area contributed by atoms with Crippen LogP contribution < -0.4 is 11.1 Å². The molecule has 0 saturated heterocycles. The highest BCUT2D eigenvalue weighted by molar-refractivity contribution is 5.80. The summed E-state index contributed by atoms with van der Waals surface area (Å²) in [5.74, 6) is 0.861. The van der Waals surface area contributed by atoms with Gasteiger partial charge in [0.25, 0.3) is 0 Å². The number of nitrogens with two attached hydrogens (primary N) is 1. The maximum atomic E-state index is 12.4. The minimum absolute atomic E-state index is 0.0741. The second-order valence-corrected chi connectivity index (χ2v) is 3.93. The van der Waals surface area contributed by atoms with Crippen molar-refractivity contribution < 1.29 is 4.39 Å². The number of halogens is 1. The van der Waals surface area contributed by atoms with Gasteiger partial charge >= 0.3 is 6.08 Å². The van der Waals surface area contributed by atoms with Crippen LogP contribution in [-0.4, -0.2) is 33.5 Å². The zero-order valence-corrected chi connectivity index (χ0v) is 11.6. The predicted molar refractivity (Wildman–Crippen MR) is 76.1 cm³/mol. The molecule has 2 heterocycles. The monoisotopic (exact) mass is 268 g/mol. The Morgan fingerprint density at radius 3 is 2.53 bits per heavy atom. The molecule has 0 aliphatic carbocycles. The average Bonchev–Trinajstić information content (AvgIpc) is 2.80. The number of hydrogen-bond acceptors (Lipinski definition) is 5. The number of H-pyrrole nitrogens is 1. The van der Waals surface area contributed by atoms with Crippen molar-refractivity contribution in [3.8, 4) is 0 Å². The van der Waals surface area contributed by atoms with Gasteiger partial charge in [-0.05, 0) is 19.5 Å². The van der Waals surface area contributed by atoms with Gasteiger partial charge in [0.2, 0.25) is 0 Å². The van der Waals surface area contributed by atoms with E-state index in [0.717, 1.165) is 12.5 Å². The number of hydrogen-bond donors (Lipinski definition) is 3. The lowest BCUT2D eigenvalue weighted by Crippen LogP contribution is -2.12. The number of fused-ring (bicyclic) bond motifs is 1. The summed E-state index contributed by atoms with van der Waals surface area (Å²) in [6, 6.07) is 0. The van der Waals surface area contributed by atoms with Gasteiger partial charge < -0.3 is 16.0 Å². The Balaban J connectivity index is 0.000000350. The molecule has 7 heteroatoms. The molecule has 106 valence electrons. The van der Waals surface area contributed by atoms with Crippen LogP contribution in [0.25, 0.3) is 11.2 Å². The molecule has 0 aliphatic heterocycles. The zero-order chi connectivity index (χ0) is 14.8. The summed E-state index contributed by atoms with van der Waals surface area (Å²) < 4.78 is 12.4. The first-order valence-corrected chi connectivity index (χ1v) is 5.81. The Bertz CT molecular complexity index is 482. The maximum absolute atomic E-state index is 12.4. The average molecular weight is 268 g/mol. The van der Waals surface area contributed by atoms with E-state index in [1.807, 2.05) is 7.05 Å². The Morgan fingerprint density at radius 2 is 2.05 bits per heavy atom. The molecule has 2 rings (SSSR count). The summed E-state index contributed by atoms with van der Waals surface area (Å²) in [6.07, 6.45) is 0.525. The molecule has 0 bridgehead atoms. The molecule has 0 unspecified atom stereocenters. The fraction of sp³-hybridized carbons (Fsp3) is 0.417. The number of aromatic nitrogens is 4. The van der Waals surface area contributed by atoms with Crippen LogP contribution in [-0.2, 0) is 0 Å². The summed E-state index contributed by atoms with van der Waals surface area (Å²) >= 11 is 0. The van der Waals surface area contributed by atoms with Crippen LogP contribution in [0.1, 0.15) is 13.8 Å². The lowest BCUT2D eigenvalue weighted by molar-refractivity contribution is 0.546. The van der Waals surface area contributed by atoms with Crippen molar-refractivity contribution in [2.75, 3.05) is 19.3 Å². The first-order valence-electron chi connectivity index (χ1n) is 5.81. The minimum Gasteiger partial charge on any atom is -0.382 e. The molecule has 19 heavy (non-hydrogen) atoms. The lowest BCUT2D eigenvalue weighted by atomic mass is 10.2. The molecule has 2 aromatic rings. The fourth-order valence-corrected chi connectivity index (χ4v) is 1.24. The van der Waals surface area contributed by atoms with Crippen LogP contribution in [0.15, 0.2) is 19.5 Å². The van der Waals surface area contributed by atoms with Gasteiger partial charge in [0.1, 0.15) is 5.52 Å². The molecular formula is C12H21FN6. The van der Waals surface area contributed by atoms with Crippen LogP contribution in [0.4, 0.5) is 10.2 Å². The molecule has 0 radical (unpaired) electrons. The van der Waals surface area contributed by atoms with E-state index in [9.17, 15) is 4.39 Å². The van der Waals surface area contributed by atoms with Crippen molar-refractivity contribution in [2.24, 2.45) is 5.92 Å². The first-order chi connectivity index (χ1) is 9.04. The van der Waals surface area contributed by atoms with Crippen molar-refractivity contribution in [2.45, 2.75) is 13.8 Å². The summed E-state index contributed by atoms with van der Waals surface area (Å²) in [5, 5.41) is 3.07. The molecule has 0 fully saturated rings. The van der Waals surface area contributed by atoms with Gasteiger partial charge in [-0.1, -0.05) is 13.8 Å². The molecule has 0 aliphatic rings. The van der Waals surface area contributed by atoms with E-state index >= 15 is 0 Å². The second kappa shape index (κ2) is 8.98. The third kappa shape index (κ3) is 5.91. The van der Waals surface area contributed by atoms with Crippen LogP contribution in [0.5, 0.6) is 0 Å². The van der Waals surface area contributed by atoms with Crippen molar-refractivity contribution in [1.29, 1.82) is 0 Å². The van der Waals surface area contributed by atoms with Gasteiger partial charge in [0, 0.05) is 0 Å². The number of imidazole rings is 1. The van der Waals surface area contributed by atoms with E-state index in [0.29, 0.717) is 5.52 Å². The van der Waals surface area contributed by atoms with E-state index in [2.05, 4.69) is 52.3 Å². The van der Waals surface area contributed by atoms with Crippen LogP contribution in [0.3, 0.4) is 0 Å². The molecule has 0 aromatic carbocycles. The zero-order valence-electron chi connectivity index (χ0n) is 11.6. The number of nitrogens with zero attached hydrogens (tertiary/aromatic N) is 3. The molecule has 0 spiro atoms. The van der Waals surface area contributed by atoms with Crippen molar-refractivity contribution in [3.05, 3.63) is 25.6 Å². The van der Waals surface area contributed by atoms with Crippen molar-refractivity contribution in [3.63, 3.8) is 0 Å². The third-order valence-electron chi connectivity index (χ3n) is 1.90. The maximum Gasteiger partial charge on any atom is 0.312 e. The number of anilines is 1. The summed E-state index contributed by atoms with van der Waals surface area (Å²) in [7, 11) is 1.97. The van der Waals surface area contributed by atoms with Crippen molar-refractivity contribution >= 4 is 17.0 Å². The Kier molecular flexibility index (Phi) is 8.03. The van der Waals surface area contributed by atoms with Gasteiger partial charge in [0.05, 0.1) is 6.33 Å². The predicted octanol–water partition coefficient (Wildman–Crippen LogP) is 1.74. The van der Waals surface area contributed by atoms with E-state index < -0.39 is 6.08 Å². The summed E-state index contributed by atoms with van der Waals surface area (Å²) in [5.41, 5.74) is 6.05. The van der Waals surface area contributed by atoms with Crippen molar-refractivity contribution in [1.82, 2.24) is 25.3 Å². The highest BCUT2D eigenvalue weighted by Gasteiger charge is 2.04. The lowest BCUT2D eigenvalue weighted by Gasteiger charge is -1.98. The highest BCUT2D eigenvalue weighted by atomic mass is 19.1. The summed E-state index contributed by atoms with van der Waals surface area (Å²) in [6.45, 7) is 11.5. The minimum atomic E-state index is -0.859. The number of nitrogens with one attached hydrogen (secondary N) is 2. The van der Waals surface area contributed by atoms with E-state index in [1.165, 1.54) is 6.33 Å². The topological polar surface area (TPSA) is 92.5 Å². The molecule has 0 amide bonds. The molecule has 2 aromatic heterocycles. The molecular weight excluding hydrogens is 247 g/mol. The van der Waals surface area contributed by atoms with Gasteiger partial charge in [0.15, 0.2) is 11.5 Å². The standard InChI is InChI=1S/C5H4FN5.C5H13N.C2H4/c6-5-10-3(7)2-4(11-5)9-1-8-2;1-5(2)4-6-3;1-2/h1H,(H3,7,8,9,10,11);5-6H,4H2,1-3H3;1-2H2. The molecule has 4 N–H and O–H groups in total. The largest absolute Gasteiger partial charge is 0.382 e. The number of aromatic amines is 1. The van der Waals surface area contributed by atoms with E-state index in [4.69, 9.17) is 5.73 Å². The Labute approximate surface area is 112 Å². The summed E-state index contributed by atoms with van der Waals surface area (Å²) in [4.78, 5) is 13.1.